The van der Waals surface area contributed by atoms with Gasteiger partial charge in [-0.15, -0.1) is 0 Å². The molecule has 2 amide bonds. The third-order valence-electron chi connectivity index (χ3n) is 4.83. The molecule has 3 aromatic rings. The molecule has 31 heavy (non-hydrogen) atoms. The van der Waals surface area contributed by atoms with Crippen molar-refractivity contribution in [2.45, 2.75) is 6.54 Å². The number of benzene rings is 3. The molecule has 0 aromatic heterocycles. The first-order chi connectivity index (χ1) is 14.9. The first kappa shape index (κ1) is 20.0. The summed E-state index contributed by atoms with van der Waals surface area (Å²) in [6.07, 6.45) is 0. The Kier molecular flexibility index (Phi) is 5.28. The molecule has 8 heteroatoms. The van der Waals surface area contributed by atoms with Crippen LogP contribution in [0.2, 0.25) is 0 Å². The van der Waals surface area contributed by atoms with E-state index in [1.165, 1.54) is 48.5 Å². The molecule has 1 N–H and O–H groups in total. The largest absolute Gasteiger partial charge is 0.350 e. The van der Waals surface area contributed by atoms with Crippen LogP contribution in [0.25, 0.3) is 5.57 Å². The highest BCUT2D eigenvalue weighted by Gasteiger charge is 2.39. The average Bonchev–Trinajstić information content (AvgIpc) is 3.00. The van der Waals surface area contributed by atoms with Gasteiger partial charge in [0.25, 0.3) is 17.5 Å². The van der Waals surface area contributed by atoms with Crippen molar-refractivity contribution in [2.24, 2.45) is 0 Å². The van der Waals surface area contributed by atoms with Crippen LogP contribution in [0, 0.1) is 15.9 Å². The zero-order valence-corrected chi connectivity index (χ0v) is 16.1. The second-order valence-corrected chi connectivity index (χ2v) is 6.87. The van der Waals surface area contributed by atoms with E-state index in [2.05, 4.69) is 5.32 Å². The van der Waals surface area contributed by atoms with E-state index < -0.39 is 22.6 Å². The van der Waals surface area contributed by atoms with Crippen molar-refractivity contribution < 1.29 is 18.9 Å². The zero-order chi connectivity index (χ0) is 22.0. The van der Waals surface area contributed by atoms with Crippen LogP contribution >= 0.6 is 0 Å². The van der Waals surface area contributed by atoms with Gasteiger partial charge >= 0.3 is 0 Å². The monoisotopic (exact) mass is 417 g/mol. The van der Waals surface area contributed by atoms with Crippen molar-refractivity contribution in [3.05, 3.63) is 112 Å². The maximum Gasteiger partial charge on any atom is 0.278 e. The number of nitro groups is 1. The fourth-order valence-corrected chi connectivity index (χ4v) is 3.30. The van der Waals surface area contributed by atoms with Crippen molar-refractivity contribution in [3.8, 4) is 0 Å². The minimum atomic E-state index is -0.542. The number of carbonyl (C=O) groups excluding carboxylic acids is 2. The maximum absolute atomic E-state index is 13.3. The number of nitro benzene ring substituents is 1. The summed E-state index contributed by atoms with van der Waals surface area (Å²) in [5.41, 5.74) is 1.56. The van der Waals surface area contributed by atoms with Crippen molar-refractivity contribution >= 4 is 28.8 Å². The van der Waals surface area contributed by atoms with E-state index in [4.69, 9.17) is 0 Å². The number of anilines is 1. The van der Waals surface area contributed by atoms with Gasteiger partial charge in [-0.25, -0.2) is 4.39 Å². The first-order valence-electron chi connectivity index (χ1n) is 9.36. The summed E-state index contributed by atoms with van der Waals surface area (Å²) in [4.78, 5) is 37.9. The van der Waals surface area contributed by atoms with Crippen LogP contribution in [0.5, 0.6) is 0 Å². The molecule has 0 aliphatic carbocycles. The number of rotatable bonds is 6. The third-order valence-corrected chi connectivity index (χ3v) is 4.83. The molecule has 0 unspecified atom stereocenters. The summed E-state index contributed by atoms with van der Waals surface area (Å²) in [6.45, 7) is 0.0730. The van der Waals surface area contributed by atoms with Gasteiger partial charge in [-0.2, -0.15) is 0 Å². The number of halogens is 1. The number of nitrogens with one attached hydrogen (secondary N) is 1. The van der Waals surface area contributed by atoms with Crippen LogP contribution in [-0.4, -0.2) is 21.6 Å². The predicted octanol–water partition coefficient (Wildman–Crippen LogP) is 4.13. The van der Waals surface area contributed by atoms with Crippen LogP contribution in [0.3, 0.4) is 0 Å². The smallest absolute Gasteiger partial charge is 0.278 e. The minimum Gasteiger partial charge on any atom is -0.350 e. The van der Waals surface area contributed by atoms with Crippen LogP contribution in [0.4, 0.5) is 15.8 Å². The van der Waals surface area contributed by atoms with Crippen LogP contribution in [-0.2, 0) is 16.1 Å². The zero-order valence-electron chi connectivity index (χ0n) is 16.1. The Morgan fingerprint density at radius 1 is 0.871 bits per heavy atom. The lowest BCUT2D eigenvalue weighted by Gasteiger charge is -2.15. The molecular weight excluding hydrogens is 401 g/mol. The summed E-state index contributed by atoms with van der Waals surface area (Å²) in [5, 5.41) is 13.9. The second kappa shape index (κ2) is 8.19. The third kappa shape index (κ3) is 4.04. The van der Waals surface area contributed by atoms with Gasteiger partial charge in [-0.3, -0.25) is 24.6 Å². The standard InChI is InChI=1S/C23H16FN3O4/c24-17-8-10-18(11-9-17)25-21-20(16-6-12-19(13-7-16)27(30)31)22(28)26(23(21)29)14-15-4-2-1-3-5-15/h1-13,25H,14H2. The van der Waals surface area contributed by atoms with Gasteiger partial charge in [0.2, 0.25) is 0 Å². The molecule has 0 saturated heterocycles. The normalized spacial score (nSPS) is 13.6. The number of hydrogen-bond donors (Lipinski definition) is 1. The molecule has 1 aliphatic heterocycles. The summed E-state index contributed by atoms with van der Waals surface area (Å²) in [7, 11) is 0. The van der Waals surface area contributed by atoms with Gasteiger partial charge in [-0.05, 0) is 47.5 Å². The fraction of sp³-hybridized carbons (Fsp3) is 0.0435. The number of non-ortho nitro benzene ring substituents is 1. The van der Waals surface area contributed by atoms with Crippen molar-refractivity contribution in [3.63, 3.8) is 0 Å². The van der Waals surface area contributed by atoms with E-state index >= 15 is 0 Å². The summed E-state index contributed by atoms with van der Waals surface area (Å²) < 4.78 is 13.3. The molecule has 0 spiro atoms. The lowest BCUT2D eigenvalue weighted by atomic mass is 10.0. The number of nitrogens with zero attached hydrogens (tertiary/aromatic N) is 2. The Morgan fingerprint density at radius 2 is 1.52 bits per heavy atom. The van der Waals surface area contributed by atoms with E-state index in [1.807, 2.05) is 18.2 Å². The summed E-state index contributed by atoms with van der Waals surface area (Å²) in [6, 6.07) is 19.8. The maximum atomic E-state index is 13.3. The Hall–Kier alpha value is -4.33. The summed E-state index contributed by atoms with van der Waals surface area (Å²) >= 11 is 0. The highest BCUT2D eigenvalue weighted by molar-refractivity contribution is 6.36. The summed E-state index contributed by atoms with van der Waals surface area (Å²) in [5.74, 6) is -1.49. The number of amides is 2. The Balaban J connectivity index is 1.74. The predicted molar refractivity (Wildman–Crippen MR) is 112 cm³/mol. The molecule has 1 heterocycles. The molecular formula is C23H16FN3O4. The lowest BCUT2D eigenvalue weighted by Crippen LogP contribution is -2.31. The minimum absolute atomic E-state index is 0.0291. The van der Waals surface area contributed by atoms with E-state index in [1.54, 1.807) is 12.1 Å². The van der Waals surface area contributed by atoms with E-state index in [0.717, 1.165) is 10.5 Å². The van der Waals surface area contributed by atoms with Crippen molar-refractivity contribution in [1.29, 1.82) is 0 Å². The van der Waals surface area contributed by atoms with E-state index in [-0.39, 0.29) is 23.5 Å². The molecule has 3 aromatic carbocycles. The highest BCUT2D eigenvalue weighted by Crippen LogP contribution is 2.32. The lowest BCUT2D eigenvalue weighted by molar-refractivity contribution is -0.384. The molecule has 0 atom stereocenters. The van der Waals surface area contributed by atoms with Crippen LogP contribution in [0.15, 0.2) is 84.6 Å². The van der Waals surface area contributed by atoms with Crippen molar-refractivity contribution in [1.82, 2.24) is 4.90 Å². The van der Waals surface area contributed by atoms with Gasteiger partial charge in [0.15, 0.2) is 0 Å². The number of carbonyl (C=O) groups is 2. The van der Waals surface area contributed by atoms with Crippen LogP contribution in [0.1, 0.15) is 11.1 Å². The topological polar surface area (TPSA) is 92.5 Å². The Bertz CT molecular complexity index is 1190. The molecule has 0 fully saturated rings. The first-order valence-corrected chi connectivity index (χ1v) is 9.36. The van der Waals surface area contributed by atoms with E-state index in [0.29, 0.717) is 11.3 Å². The molecule has 7 nitrogen and oxygen atoms in total. The Labute approximate surface area is 176 Å². The highest BCUT2D eigenvalue weighted by atomic mass is 19.1. The molecule has 154 valence electrons. The average molecular weight is 417 g/mol. The number of hydrogen-bond acceptors (Lipinski definition) is 5. The van der Waals surface area contributed by atoms with Crippen LogP contribution < -0.4 is 5.32 Å². The second-order valence-electron chi connectivity index (χ2n) is 6.87. The fourth-order valence-electron chi connectivity index (χ4n) is 3.30. The Morgan fingerprint density at radius 3 is 2.13 bits per heavy atom. The van der Waals surface area contributed by atoms with E-state index in [9.17, 15) is 24.1 Å². The van der Waals surface area contributed by atoms with Crippen molar-refractivity contribution in [2.75, 3.05) is 5.32 Å². The molecule has 1 aliphatic rings. The number of imide groups is 1. The van der Waals surface area contributed by atoms with Gasteiger partial charge in [-0.1, -0.05) is 30.3 Å². The molecule has 0 bridgehead atoms. The van der Waals surface area contributed by atoms with Gasteiger partial charge in [0.1, 0.15) is 11.5 Å². The van der Waals surface area contributed by atoms with Gasteiger partial charge in [0.05, 0.1) is 17.0 Å². The molecule has 0 radical (unpaired) electrons. The SMILES string of the molecule is O=C1C(Nc2ccc(F)cc2)=C(c2ccc([N+](=O)[O-])cc2)C(=O)N1Cc1ccccc1. The molecule has 4 rings (SSSR count). The van der Waals surface area contributed by atoms with Gasteiger partial charge in [0, 0.05) is 17.8 Å². The molecule has 0 saturated carbocycles. The van der Waals surface area contributed by atoms with Gasteiger partial charge < -0.3 is 5.32 Å². The quantitative estimate of drug-likeness (QED) is 0.370.